The standard InChI is InChI=1S/C14H22N3O8P/c1-3-23-13(19)9(2)16-26(21,22)24-8-10-4-5-12(25-10)17-7-6-11(18)15-14(17)20/h6-7,9-10,12,16,21-22H,3-5,8H2,1-2H3/p+1. The molecule has 0 saturated carbocycles. The summed E-state index contributed by atoms with van der Waals surface area (Å²) in [6.07, 6.45) is 1.30. The van der Waals surface area contributed by atoms with E-state index < -0.39 is 43.7 Å². The zero-order valence-electron chi connectivity index (χ0n) is 14.5. The van der Waals surface area contributed by atoms with Crippen molar-refractivity contribution in [3.8, 4) is 0 Å². The second-order valence-electron chi connectivity index (χ2n) is 5.75. The van der Waals surface area contributed by atoms with E-state index in [1.54, 1.807) is 6.92 Å². The van der Waals surface area contributed by atoms with Crippen molar-refractivity contribution in [2.75, 3.05) is 13.2 Å². The van der Waals surface area contributed by atoms with E-state index in [1.807, 2.05) is 0 Å². The molecule has 3 unspecified atom stereocenters. The van der Waals surface area contributed by atoms with Gasteiger partial charge in [0.15, 0.2) is 0 Å². The van der Waals surface area contributed by atoms with Crippen molar-refractivity contribution in [3.05, 3.63) is 33.1 Å². The largest absolute Gasteiger partial charge is 0.497 e. The van der Waals surface area contributed by atoms with Gasteiger partial charge in [-0.15, -0.1) is 5.09 Å². The molecule has 1 aromatic heterocycles. The van der Waals surface area contributed by atoms with Gasteiger partial charge in [0.05, 0.1) is 12.7 Å². The zero-order valence-corrected chi connectivity index (χ0v) is 15.3. The van der Waals surface area contributed by atoms with Gasteiger partial charge in [-0.3, -0.25) is 19.1 Å². The average Bonchev–Trinajstić information content (AvgIpc) is 3.01. The van der Waals surface area contributed by atoms with Gasteiger partial charge in [-0.25, -0.2) is 4.79 Å². The van der Waals surface area contributed by atoms with Crippen molar-refractivity contribution >= 4 is 14.1 Å². The number of H-pyrrole nitrogens is 1. The highest BCUT2D eigenvalue weighted by Gasteiger charge is 2.42. The molecule has 0 amide bonds. The number of ether oxygens (including phenoxy) is 2. The monoisotopic (exact) mass is 392 g/mol. The molecule has 11 nitrogen and oxygen atoms in total. The highest BCUT2D eigenvalue weighted by Crippen LogP contribution is 2.47. The summed E-state index contributed by atoms with van der Waals surface area (Å²) in [5.41, 5.74) is -1.08. The first-order chi connectivity index (χ1) is 12.2. The molecular weight excluding hydrogens is 369 g/mol. The van der Waals surface area contributed by atoms with E-state index in [0.29, 0.717) is 12.8 Å². The Kier molecular flexibility index (Phi) is 7.04. The van der Waals surface area contributed by atoms with Crippen LogP contribution in [0.3, 0.4) is 0 Å². The van der Waals surface area contributed by atoms with Gasteiger partial charge in [0.25, 0.3) is 5.56 Å². The van der Waals surface area contributed by atoms with E-state index in [2.05, 4.69) is 10.1 Å². The van der Waals surface area contributed by atoms with E-state index in [0.717, 1.165) is 0 Å². The van der Waals surface area contributed by atoms with Crippen molar-refractivity contribution < 1.29 is 28.6 Å². The zero-order chi connectivity index (χ0) is 19.3. The van der Waals surface area contributed by atoms with Crippen LogP contribution in [0, 0.1) is 0 Å². The molecule has 146 valence electrons. The van der Waals surface area contributed by atoms with Gasteiger partial charge >= 0.3 is 19.8 Å². The first kappa shape index (κ1) is 20.7. The summed E-state index contributed by atoms with van der Waals surface area (Å²) >= 11 is 0. The Morgan fingerprint density at radius 3 is 2.88 bits per heavy atom. The van der Waals surface area contributed by atoms with Crippen LogP contribution in [0.15, 0.2) is 21.9 Å². The number of carbonyl (C=O) groups is 1. The Labute approximate surface area is 149 Å². The fraction of sp³-hybridized carbons (Fsp3) is 0.643. The highest BCUT2D eigenvalue weighted by molar-refractivity contribution is 7.57. The number of nitrogens with zero attached hydrogens (tertiary/aromatic N) is 1. The lowest BCUT2D eigenvalue weighted by Gasteiger charge is -2.18. The van der Waals surface area contributed by atoms with Crippen molar-refractivity contribution in [1.29, 1.82) is 0 Å². The van der Waals surface area contributed by atoms with Gasteiger partial charge in [0, 0.05) is 12.3 Å². The van der Waals surface area contributed by atoms with Crippen molar-refractivity contribution in [3.63, 3.8) is 0 Å². The molecule has 0 bridgehead atoms. The Morgan fingerprint density at radius 2 is 2.23 bits per heavy atom. The molecule has 0 radical (unpaired) electrons. The van der Waals surface area contributed by atoms with Crippen molar-refractivity contribution in [2.45, 2.75) is 45.1 Å². The lowest BCUT2D eigenvalue weighted by Crippen LogP contribution is -2.36. The maximum Gasteiger partial charge on any atom is 0.497 e. The number of aromatic amines is 1. The molecule has 1 aliphatic rings. The molecular formula is C14H23N3O8P+. The summed E-state index contributed by atoms with van der Waals surface area (Å²) in [5.74, 6) is -0.627. The minimum absolute atomic E-state index is 0.141. The van der Waals surface area contributed by atoms with Crippen LogP contribution in [0.1, 0.15) is 32.9 Å². The van der Waals surface area contributed by atoms with Crippen LogP contribution in [0.4, 0.5) is 0 Å². The molecule has 0 aliphatic carbocycles. The predicted molar refractivity (Wildman–Crippen MR) is 91.0 cm³/mol. The molecule has 1 aliphatic heterocycles. The molecule has 3 atom stereocenters. The maximum absolute atomic E-state index is 11.8. The van der Waals surface area contributed by atoms with E-state index in [9.17, 15) is 24.2 Å². The lowest BCUT2D eigenvalue weighted by molar-refractivity contribution is -0.144. The first-order valence-electron chi connectivity index (χ1n) is 8.12. The average molecular weight is 392 g/mol. The predicted octanol–water partition coefficient (Wildman–Crippen LogP) is -0.566. The smallest absolute Gasteiger partial charge is 0.465 e. The molecule has 1 saturated heterocycles. The maximum atomic E-state index is 11.8. The summed E-state index contributed by atoms with van der Waals surface area (Å²) < 4.78 is 16.7. The molecule has 0 aromatic carbocycles. The Hall–Kier alpha value is -1.62. The lowest BCUT2D eigenvalue weighted by atomic mass is 10.2. The Bertz CT molecular complexity index is 733. The van der Waals surface area contributed by atoms with E-state index >= 15 is 0 Å². The van der Waals surface area contributed by atoms with Crippen LogP contribution < -0.4 is 16.3 Å². The fourth-order valence-corrected chi connectivity index (χ4v) is 3.52. The van der Waals surface area contributed by atoms with Crippen molar-refractivity contribution in [2.24, 2.45) is 0 Å². The van der Waals surface area contributed by atoms with Gasteiger partial charge in [-0.1, -0.05) is 0 Å². The Morgan fingerprint density at radius 1 is 1.50 bits per heavy atom. The third kappa shape index (κ3) is 5.70. The van der Waals surface area contributed by atoms with E-state index in [-0.39, 0.29) is 13.2 Å². The number of hydrogen-bond acceptors (Lipinski definition) is 9. The van der Waals surface area contributed by atoms with Gasteiger partial charge in [0.1, 0.15) is 18.9 Å². The summed E-state index contributed by atoms with van der Waals surface area (Å²) in [5, 5.41) is 2.30. The topological polar surface area (TPSA) is 152 Å². The molecule has 1 aromatic rings. The van der Waals surface area contributed by atoms with E-state index in [4.69, 9.17) is 14.0 Å². The third-order valence-corrected chi connectivity index (χ3v) is 4.92. The normalized spacial score (nSPS) is 21.5. The minimum Gasteiger partial charge on any atom is -0.465 e. The molecule has 1 fully saturated rings. The molecule has 12 heteroatoms. The van der Waals surface area contributed by atoms with Crippen LogP contribution in [0.2, 0.25) is 0 Å². The number of nitrogens with one attached hydrogen (secondary N) is 2. The summed E-state index contributed by atoms with van der Waals surface area (Å²) in [6.45, 7) is 3.10. The summed E-state index contributed by atoms with van der Waals surface area (Å²) in [7, 11) is -3.98. The van der Waals surface area contributed by atoms with Crippen molar-refractivity contribution in [1.82, 2.24) is 14.6 Å². The van der Waals surface area contributed by atoms with Crippen LogP contribution in [0.25, 0.3) is 0 Å². The van der Waals surface area contributed by atoms with Crippen LogP contribution >= 0.6 is 8.09 Å². The van der Waals surface area contributed by atoms with Gasteiger partial charge in [-0.2, -0.15) is 14.3 Å². The molecule has 0 spiro atoms. The van der Waals surface area contributed by atoms with E-state index in [1.165, 1.54) is 23.8 Å². The second-order valence-corrected chi connectivity index (χ2v) is 7.35. The molecule has 4 N–H and O–H groups in total. The third-order valence-electron chi connectivity index (χ3n) is 3.69. The van der Waals surface area contributed by atoms with Crippen LogP contribution in [0.5, 0.6) is 0 Å². The second kappa shape index (κ2) is 8.85. The van der Waals surface area contributed by atoms with Gasteiger partial charge < -0.3 is 9.47 Å². The SMILES string of the molecule is CCOC(=O)C(C)N[P+](O)(O)OCC1CCC(n2ccc(=O)[nH]c2=O)O1. The van der Waals surface area contributed by atoms with Gasteiger partial charge in [0.2, 0.25) is 0 Å². The summed E-state index contributed by atoms with van der Waals surface area (Å²) in [6, 6.07) is 0.267. The Balaban J connectivity index is 1.85. The molecule has 2 rings (SSSR count). The fourth-order valence-electron chi connectivity index (χ4n) is 2.46. The molecule has 2 heterocycles. The number of hydrogen-bond donors (Lipinski definition) is 4. The first-order valence-corrected chi connectivity index (χ1v) is 9.73. The number of aromatic nitrogens is 2. The van der Waals surface area contributed by atoms with Crippen LogP contribution in [-0.2, 0) is 18.8 Å². The van der Waals surface area contributed by atoms with Crippen LogP contribution in [-0.4, -0.2) is 50.7 Å². The summed E-state index contributed by atoms with van der Waals surface area (Å²) in [4.78, 5) is 56.3. The number of esters is 1. The number of carbonyl (C=O) groups excluding carboxylic acids is 1. The highest BCUT2D eigenvalue weighted by atomic mass is 31.2. The quantitative estimate of drug-likeness (QED) is 0.337. The minimum atomic E-state index is -3.98. The van der Waals surface area contributed by atoms with Gasteiger partial charge in [-0.05, 0) is 26.7 Å². The molecule has 26 heavy (non-hydrogen) atoms. The number of rotatable bonds is 8.